The van der Waals surface area contributed by atoms with Crippen molar-refractivity contribution in [3.05, 3.63) is 59.3 Å². The van der Waals surface area contributed by atoms with Crippen LogP contribution in [0.15, 0.2) is 41.0 Å². The van der Waals surface area contributed by atoms with E-state index >= 15 is 0 Å². The van der Waals surface area contributed by atoms with Crippen molar-refractivity contribution in [2.24, 2.45) is 5.73 Å². The van der Waals surface area contributed by atoms with Crippen molar-refractivity contribution in [1.82, 2.24) is 4.90 Å². The van der Waals surface area contributed by atoms with Gasteiger partial charge in [0.15, 0.2) is 0 Å². The van der Waals surface area contributed by atoms with Crippen molar-refractivity contribution in [2.75, 3.05) is 13.6 Å². The summed E-state index contributed by atoms with van der Waals surface area (Å²) in [5.41, 5.74) is 5.75. The fourth-order valence-electron chi connectivity index (χ4n) is 1.83. The lowest BCUT2D eigenvalue weighted by molar-refractivity contribution is 0.0771. The second kappa shape index (κ2) is 6.73. The summed E-state index contributed by atoms with van der Waals surface area (Å²) in [6.07, 6.45) is 1.53. The fourth-order valence-corrected chi connectivity index (χ4v) is 1.83. The van der Waals surface area contributed by atoms with Gasteiger partial charge in [-0.2, -0.15) is 0 Å². The van der Waals surface area contributed by atoms with Crippen LogP contribution in [0.4, 0.5) is 4.39 Å². The normalized spacial score (nSPS) is 9.86. The molecule has 0 aliphatic rings. The third kappa shape index (κ3) is 3.71. The molecule has 4 nitrogen and oxygen atoms in total. The second-order valence-corrected chi connectivity index (χ2v) is 4.44. The van der Waals surface area contributed by atoms with Crippen molar-refractivity contribution in [2.45, 2.75) is 6.54 Å². The summed E-state index contributed by atoms with van der Waals surface area (Å²) in [4.78, 5) is 13.6. The van der Waals surface area contributed by atoms with E-state index in [-0.39, 0.29) is 18.7 Å². The van der Waals surface area contributed by atoms with Gasteiger partial charge in [-0.15, -0.1) is 0 Å². The molecular weight excluding hydrogens is 271 g/mol. The van der Waals surface area contributed by atoms with Crippen molar-refractivity contribution >= 4 is 5.91 Å². The van der Waals surface area contributed by atoms with Gasteiger partial charge in [-0.05, 0) is 30.3 Å². The fraction of sp³-hybridized carbons (Fsp3) is 0.188. The van der Waals surface area contributed by atoms with E-state index < -0.39 is 11.7 Å². The zero-order valence-electron chi connectivity index (χ0n) is 11.6. The van der Waals surface area contributed by atoms with Gasteiger partial charge in [0.05, 0.1) is 24.9 Å². The Hall–Kier alpha value is -2.58. The first-order chi connectivity index (χ1) is 10.1. The topological polar surface area (TPSA) is 59.5 Å². The maximum absolute atomic E-state index is 14.0. The molecule has 108 valence electrons. The number of furan rings is 1. The summed E-state index contributed by atoms with van der Waals surface area (Å²) in [6.45, 7) is 0.480. The maximum atomic E-state index is 14.0. The quantitative estimate of drug-likeness (QED) is 0.878. The summed E-state index contributed by atoms with van der Waals surface area (Å²) >= 11 is 0. The molecule has 0 aliphatic heterocycles. The minimum Gasteiger partial charge on any atom is -0.467 e. The lowest BCUT2D eigenvalue weighted by Crippen LogP contribution is -2.26. The third-order valence-electron chi connectivity index (χ3n) is 2.85. The molecule has 2 aromatic rings. The van der Waals surface area contributed by atoms with Crippen molar-refractivity contribution in [3.8, 4) is 11.8 Å². The Morgan fingerprint density at radius 1 is 1.43 bits per heavy atom. The molecule has 0 fully saturated rings. The number of hydrogen-bond acceptors (Lipinski definition) is 3. The van der Waals surface area contributed by atoms with Gasteiger partial charge in [0, 0.05) is 12.6 Å². The number of hydrogen-bond donors (Lipinski definition) is 1. The molecule has 0 aliphatic carbocycles. The van der Waals surface area contributed by atoms with Crippen molar-refractivity contribution in [3.63, 3.8) is 0 Å². The van der Waals surface area contributed by atoms with Crippen LogP contribution in [0.1, 0.15) is 21.7 Å². The molecule has 0 atom stereocenters. The Labute approximate surface area is 122 Å². The van der Waals surface area contributed by atoms with Crippen LogP contribution in [0.25, 0.3) is 0 Å². The number of nitrogens with zero attached hydrogens (tertiary/aromatic N) is 1. The van der Waals surface area contributed by atoms with Crippen LogP contribution in [0, 0.1) is 17.7 Å². The molecule has 0 unspecified atom stereocenters. The Morgan fingerprint density at radius 2 is 2.24 bits per heavy atom. The van der Waals surface area contributed by atoms with Crippen LogP contribution >= 0.6 is 0 Å². The zero-order chi connectivity index (χ0) is 15.2. The number of carbonyl (C=O) groups is 1. The molecule has 1 amide bonds. The van der Waals surface area contributed by atoms with E-state index in [2.05, 4.69) is 11.8 Å². The Bertz CT molecular complexity index is 684. The number of benzene rings is 1. The number of amides is 1. The number of carbonyl (C=O) groups excluding carboxylic acids is 1. The highest BCUT2D eigenvalue weighted by atomic mass is 19.1. The van der Waals surface area contributed by atoms with Crippen molar-refractivity contribution < 1.29 is 13.6 Å². The van der Waals surface area contributed by atoms with Crippen molar-refractivity contribution in [1.29, 1.82) is 0 Å². The summed E-state index contributed by atoms with van der Waals surface area (Å²) in [6, 6.07) is 7.75. The average Bonchev–Trinajstić information content (AvgIpc) is 2.97. The van der Waals surface area contributed by atoms with Crippen LogP contribution in [-0.4, -0.2) is 24.4 Å². The molecule has 1 aromatic carbocycles. The zero-order valence-corrected chi connectivity index (χ0v) is 11.6. The summed E-state index contributed by atoms with van der Waals surface area (Å²) in [7, 11) is 1.59. The van der Waals surface area contributed by atoms with E-state index in [9.17, 15) is 9.18 Å². The van der Waals surface area contributed by atoms with E-state index in [4.69, 9.17) is 10.2 Å². The standard InChI is InChI=1S/C16H15FN2O2/c1-19(11-13-5-3-9-21-13)16(20)14-7-6-12(4-2-8-18)10-15(14)17/h3,5-7,9-10H,8,11,18H2,1H3. The molecule has 2 N–H and O–H groups in total. The predicted octanol–water partition coefficient (Wildman–Crippen LogP) is 2.00. The Balaban J connectivity index is 2.15. The summed E-state index contributed by atoms with van der Waals surface area (Å²) < 4.78 is 19.2. The Kier molecular flexibility index (Phi) is 4.75. The van der Waals surface area contributed by atoms with E-state index in [1.54, 1.807) is 25.2 Å². The summed E-state index contributed by atoms with van der Waals surface area (Å²) in [5, 5.41) is 0. The van der Waals surface area contributed by atoms with Gasteiger partial charge in [0.1, 0.15) is 11.6 Å². The number of rotatable bonds is 3. The van der Waals surface area contributed by atoms with E-state index in [1.807, 2.05) is 0 Å². The molecule has 0 saturated heterocycles. The van der Waals surface area contributed by atoms with Crippen LogP contribution in [0.5, 0.6) is 0 Å². The number of halogens is 1. The first kappa shape index (κ1) is 14.8. The number of nitrogens with two attached hydrogens (primary N) is 1. The van der Waals surface area contributed by atoms with Gasteiger partial charge in [-0.3, -0.25) is 4.79 Å². The first-order valence-corrected chi connectivity index (χ1v) is 6.38. The highest BCUT2D eigenvalue weighted by molar-refractivity contribution is 5.94. The van der Waals surface area contributed by atoms with Crippen LogP contribution in [0.2, 0.25) is 0 Å². The van der Waals surface area contributed by atoms with E-state index in [1.165, 1.54) is 23.3 Å². The van der Waals surface area contributed by atoms with Gasteiger partial charge in [-0.25, -0.2) is 4.39 Å². The van der Waals surface area contributed by atoms with Gasteiger partial charge in [-0.1, -0.05) is 11.8 Å². The summed E-state index contributed by atoms with van der Waals surface area (Å²) in [5.74, 6) is 4.98. The van der Waals surface area contributed by atoms with Crippen LogP contribution < -0.4 is 5.73 Å². The average molecular weight is 286 g/mol. The minimum absolute atomic E-state index is 0.00218. The molecule has 0 saturated carbocycles. The van der Waals surface area contributed by atoms with Gasteiger partial charge in [0.25, 0.3) is 5.91 Å². The molecule has 2 rings (SSSR count). The van der Waals surface area contributed by atoms with Gasteiger partial charge < -0.3 is 15.1 Å². The van der Waals surface area contributed by atoms with Gasteiger partial charge >= 0.3 is 0 Å². The lowest BCUT2D eigenvalue weighted by atomic mass is 10.1. The predicted molar refractivity (Wildman–Crippen MR) is 76.8 cm³/mol. The first-order valence-electron chi connectivity index (χ1n) is 6.38. The lowest BCUT2D eigenvalue weighted by Gasteiger charge is -2.16. The van der Waals surface area contributed by atoms with Gasteiger partial charge in [0.2, 0.25) is 0 Å². The largest absolute Gasteiger partial charge is 0.467 e. The van der Waals surface area contributed by atoms with Crippen LogP contribution in [-0.2, 0) is 6.54 Å². The molecule has 21 heavy (non-hydrogen) atoms. The molecule has 1 aromatic heterocycles. The molecule has 1 heterocycles. The third-order valence-corrected chi connectivity index (χ3v) is 2.85. The smallest absolute Gasteiger partial charge is 0.256 e. The minimum atomic E-state index is -0.602. The monoisotopic (exact) mass is 286 g/mol. The molecule has 5 heteroatoms. The molecule has 0 spiro atoms. The maximum Gasteiger partial charge on any atom is 0.256 e. The Morgan fingerprint density at radius 3 is 2.86 bits per heavy atom. The molecule has 0 radical (unpaired) electrons. The highest BCUT2D eigenvalue weighted by Crippen LogP contribution is 2.14. The molecule has 0 bridgehead atoms. The second-order valence-electron chi connectivity index (χ2n) is 4.44. The van der Waals surface area contributed by atoms with E-state index in [0.29, 0.717) is 11.3 Å². The van der Waals surface area contributed by atoms with E-state index in [0.717, 1.165) is 0 Å². The SMILES string of the molecule is CN(Cc1ccco1)C(=O)c1ccc(C#CCN)cc1F. The van der Waals surface area contributed by atoms with Crippen LogP contribution in [0.3, 0.4) is 0 Å². The highest BCUT2D eigenvalue weighted by Gasteiger charge is 2.17. The molecular formula is C16H15FN2O2.